The first-order valence-electron chi connectivity index (χ1n) is 7.39. The van der Waals surface area contributed by atoms with Crippen LogP contribution in [-0.4, -0.2) is 19.7 Å². The van der Waals surface area contributed by atoms with Gasteiger partial charge in [0.25, 0.3) is 0 Å². The lowest BCUT2D eigenvalue weighted by Gasteiger charge is -2.27. The van der Waals surface area contributed by atoms with E-state index in [-0.39, 0.29) is 0 Å². The normalized spacial score (nSPS) is 24.4. The molecule has 2 rings (SSSR count). The van der Waals surface area contributed by atoms with Gasteiger partial charge in [-0.25, -0.2) is 0 Å². The van der Waals surface area contributed by atoms with E-state index in [0.29, 0.717) is 18.0 Å². The summed E-state index contributed by atoms with van der Waals surface area (Å²) in [5, 5.41) is 3.80. The summed E-state index contributed by atoms with van der Waals surface area (Å²) in [4.78, 5) is 0. The minimum absolute atomic E-state index is 0.355. The van der Waals surface area contributed by atoms with Crippen LogP contribution in [0, 0.1) is 5.92 Å². The number of rotatable bonds is 6. The lowest BCUT2D eigenvalue weighted by Crippen LogP contribution is -2.38. The van der Waals surface area contributed by atoms with Gasteiger partial charge in [-0.1, -0.05) is 31.5 Å². The van der Waals surface area contributed by atoms with Gasteiger partial charge in [0.05, 0.1) is 7.11 Å². The second-order valence-corrected chi connectivity index (χ2v) is 5.40. The van der Waals surface area contributed by atoms with Gasteiger partial charge in [-0.2, -0.15) is 0 Å². The summed E-state index contributed by atoms with van der Waals surface area (Å²) in [5.74, 6) is 1.60. The molecule has 1 aliphatic carbocycles. The number of nitrogens with two attached hydrogens (primary N) is 1. The molecule has 0 saturated heterocycles. The molecule has 0 aliphatic heterocycles. The first-order chi connectivity index (χ1) is 9.30. The number of hydrogen-bond donors (Lipinski definition) is 2. The molecule has 106 valence electrons. The maximum atomic E-state index is 5.87. The van der Waals surface area contributed by atoms with E-state index in [0.717, 1.165) is 18.7 Å². The maximum Gasteiger partial charge on any atom is 0.123 e. The van der Waals surface area contributed by atoms with E-state index in [9.17, 15) is 0 Å². The molecule has 19 heavy (non-hydrogen) atoms. The molecule has 0 bridgehead atoms. The van der Waals surface area contributed by atoms with Crippen molar-refractivity contribution in [2.45, 2.75) is 44.7 Å². The molecule has 3 nitrogen and oxygen atoms in total. The lowest BCUT2D eigenvalue weighted by molar-refractivity contribution is 0.345. The fraction of sp³-hybridized carbons (Fsp3) is 0.625. The zero-order chi connectivity index (χ0) is 13.7. The Morgan fingerprint density at radius 1 is 1.37 bits per heavy atom. The Kier molecular flexibility index (Phi) is 5.23. The van der Waals surface area contributed by atoms with Gasteiger partial charge in [0.2, 0.25) is 0 Å². The van der Waals surface area contributed by atoms with Crippen LogP contribution in [0.15, 0.2) is 24.3 Å². The van der Waals surface area contributed by atoms with Gasteiger partial charge in [0.15, 0.2) is 0 Å². The summed E-state index contributed by atoms with van der Waals surface area (Å²) in [5.41, 5.74) is 7.13. The number of ether oxygens (including phenoxy) is 1. The van der Waals surface area contributed by atoms with E-state index in [1.165, 1.54) is 24.8 Å². The molecule has 0 radical (unpaired) electrons. The fourth-order valence-corrected chi connectivity index (χ4v) is 3.18. The van der Waals surface area contributed by atoms with Crippen LogP contribution in [-0.2, 0) is 0 Å². The van der Waals surface area contributed by atoms with Crippen LogP contribution >= 0.6 is 0 Å². The van der Waals surface area contributed by atoms with E-state index in [2.05, 4.69) is 24.4 Å². The van der Waals surface area contributed by atoms with Gasteiger partial charge >= 0.3 is 0 Å². The standard InChI is InChI=1S/C16H26N2O/c1-3-14(13-8-4-5-10-16(13)19-2)18-15-9-6-7-12(15)11-17/h4-5,8,10,12,14-15,18H,3,6-7,9,11,17H2,1-2H3. The first-order valence-corrected chi connectivity index (χ1v) is 7.39. The first kappa shape index (κ1) is 14.4. The zero-order valence-electron chi connectivity index (χ0n) is 12.1. The minimum Gasteiger partial charge on any atom is -0.496 e. The van der Waals surface area contributed by atoms with Crippen LogP contribution in [0.2, 0.25) is 0 Å². The second kappa shape index (κ2) is 6.92. The molecular formula is C16H26N2O. The van der Waals surface area contributed by atoms with Gasteiger partial charge in [0, 0.05) is 17.6 Å². The number of para-hydroxylation sites is 1. The maximum absolute atomic E-state index is 5.87. The smallest absolute Gasteiger partial charge is 0.123 e. The van der Waals surface area contributed by atoms with Gasteiger partial charge in [-0.3, -0.25) is 0 Å². The number of hydrogen-bond acceptors (Lipinski definition) is 3. The molecule has 3 unspecified atom stereocenters. The number of benzene rings is 1. The highest BCUT2D eigenvalue weighted by molar-refractivity contribution is 5.35. The topological polar surface area (TPSA) is 47.3 Å². The van der Waals surface area contributed by atoms with Crippen molar-refractivity contribution < 1.29 is 4.74 Å². The van der Waals surface area contributed by atoms with E-state index >= 15 is 0 Å². The Hall–Kier alpha value is -1.06. The summed E-state index contributed by atoms with van der Waals surface area (Å²) in [6.45, 7) is 3.01. The van der Waals surface area contributed by atoms with Crippen LogP contribution in [0.5, 0.6) is 5.75 Å². The van der Waals surface area contributed by atoms with Crippen LogP contribution in [0.3, 0.4) is 0 Å². The van der Waals surface area contributed by atoms with Crippen molar-refractivity contribution in [2.75, 3.05) is 13.7 Å². The number of methoxy groups -OCH3 is 1. The van der Waals surface area contributed by atoms with E-state index in [1.54, 1.807) is 7.11 Å². The number of nitrogens with one attached hydrogen (secondary N) is 1. The van der Waals surface area contributed by atoms with E-state index in [1.807, 2.05) is 12.1 Å². The molecule has 0 heterocycles. The SMILES string of the molecule is CCC(NC1CCCC1CN)c1ccccc1OC. The van der Waals surface area contributed by atoms with E-state index in [4.69, 9.17) is 10.5 Å². The molecule has 3 atom stereocenters. The predicted molar refractivity (Wildman–Crippen MR) is 79.3 cm³/mol. The molecule has 1 aromatic carbocycles. The summed E-state index contributed by atoms with van der Waals surface area (Å²) >= 11 is 0. The van der Waals surface area contributed by atoms with Gasteiger partial charge < -0.3 is 15.8 Å². The Bertz CT molecular complexity index is 394. The van der Waals surface area contributed by atoms with Gasteiger partial charge in [-0.15, -0.1) is 0 Å². The van der Waals surface area contributed by atoms with E-state index < -0.39 is 0 Å². The van der Waals surface area contributed by atoms with Crippen molar-refractivity contribution in [1.29, 1.82) is 0 Å². The molecule has 1 aromatic rings. The second-order valence-electron chi connectivity index (χ2n) is 5.40. The van der Waals surface area contributed by atoms with Crippen molar-refractivity contribution >= 4 is 0 Å². The van der Waals surface area contributed by atoms with Crippen molar-refractivity contribution in [3.8, 4) is 5.75 Å². The third kappa shape index (κ3) is 3.28. The largest absolute Gasteiger partial charge is 0.496 e. The Labute approximate surface area is 116 Å². The predicted octanol–water partition coefficient (Wildman–Crippen LogP) is 2.86. The van der Waals surface area contributed by atoms with Gasteiger partial charge in [0.1, 0.15) is 5.75 Å². The molecule has 1 saturated carbocycles. The fourth-order valence-electron chi connectivity index (χ4n) is 3.18. The molecule has 1 fully saturated rings. The van der Waals surface area contributed by atoms with Gasteiger partial charge in [-0.05, 0) is 37.8 Å². The Morgan fingerprint density at radius 3 is 2.84 bits per heavy atom. The van der Waals surface area contributed by atoms with Crippen molar-refractivity contribution in [3.63, 3.8) is 0 Å². The van der Waals surface area contributed by atoms with Crippen LogP contribution in [0.4, 0.5) is 0 Å². The summed E-state index contributed by atoms with van der Waals surface area (Å²) < 4.78 is 5.48. The molecule has 3 N–H and O–H groups in total. The Balaban J connectivity index is 2.11. The Morgan fingerprint density at radius 2 is 2.16 bits per heavy atom. The summed E-state index contributed by atoms with van der Waals surface area (Å²) in [6, 6.07) is 9.21. The minimum atomic E-state index is 0.355. The van der Waals surface area contributed by atoms with Crippen LogP contribution in [0.1, 0.15) is 44.2 Å². The van der Waals surface area contributed by atoms with Crippen molar-refractivity contribution in [3.05, 3.63) is 29.8 Å². The highest BCUT2D eigenvalue weighted by Gasteiger charge is 2.28. The molecule has 1 aliphatic rings. The van der Waals surface area contributed by atoms with Crippen LogP contribution < -0.4 is 15.8 Å². The average molecular weight is 262 g/mol. The molecular weight excluding hydrogens is 236 g/mol. The third-order valence-electron chi connectivity index (χ3n) is 4.30. The molecule has 3 heteroatoms. The average Bonchev–Trinajstić information content (AvgIpc) is 2.92. The third-order valence-corrected chi connectivity index (χ3v) is 4.30. The van der Waals surface area contributed by atoms with Crippen LogP contribution in [0.25, 0.3) is 0 Å². The monoisotopic (exact) mass is 262 g/mol. The van der Waals surface area contributed by atoms with Crippen molar-refractivity contribution in [2.24, 2.45) is 11.7 Å². The summed E-state index contributed by atoms with van der Waals surface area (Å²) in [6.07, 6.45) is 4.86. The molecule has 0 spiro atoms. The molecule has 0 amide bonds. The highest BCUT2D eigenvalue weighted by atomic mass is 16.5. The zero-order valence-corrected chi connectivity index (χ0v) is 12.1. The quantitative estimate of drug-likeness (QED) is 0.828. The summed E-state index contributed by atoms with van der Waals surface area (Å²) in [7, 11) is 1.74. The van der Waals surface area contributed by atoms with Crippen molar-refractivity contribution in [1.82, 2.24) is 5.32 Å². The lowest BCUT2D eigenvalue weighted by atomic mass is 9.98. The highest BCUT2D eigenvalue weighted by Crippen LogP contribution is 2.31. The molecule has 0 aromatic heterocycles.